The van der Waals surface area contributed by atoms with Gasteiger partial charge < -0.3 is 9.52 Å². The fourth-order valence-electron chi connectivity index (χ4n) is 2.09. The molecule has 1 aliphatic carbocycles. The molecule has 2 aromatic heterocycles. The Morgan fingerprint density at radius 1 is 1.38 bits per heavy atom. The minimum atomic E-state index is -1.35. The smallest absolute Gasteiger partial charge is 0.185 e. The molecule has 3 nitrogen and oxygen atoms in total. The van der Waals surface area contributed by atoms with Gasteiger partial charge in [-0.3, -0.25) is 4.79 Å². The van der Waals surface area contributed by atoms with E-state index in [0.717, 1.165) is 4.88 Å². The number of furan rings is 1. The van der Waals surface area contributed by atoms with Gasteiger partial charge in [-0.25, -0.2) is 0 Å². The highest BCUT2D eigenvalue weighted by Gasteiger charge is 2.36. The van der Waals surface area contributed by atoms with Crippen LogP contribution in [0.2, 0.25) is 0 Å². The molecular weight excluding hydrogens is 284 g/mol. The molecule has 0 aromatic carbocycles. The van der Waals surface area contributed by atoms with Gasteiger partial charge in [0.2, 0.25) is 0 Å². The molecule has 0 radical (unpaired) electrons. The van der Waals surface area contributed by atoms with E-state index in [0.29, 0.717) is 5.76 Å². The van der Waals surface area contributed by atoms with E-state index in [1.807, 2.05) is 17.5 Å². The van der Waals surface area contributed by atoms with Gasteiger partial charge in [0.15, 0.2) is 5.78 Å². The molecule has 4 heteroatoms. The zero-order chi connectivity index (χ0) is 14.7. The first-order valence-electron chi connectivity index (χ1n) is 6.41. The Hall–Kier alpha value is -2.35. The summed E-state index contributed by atoms with van der Waals surface area (Å²) >= 11 is 1.54. The average molecular weight is 296 g/mol. The number of aliphatic hydroxyl groups is 1. The lowest BCUT2D eigenvalue weighted by Crippen LogP contribution is -2.27. The van der Waals surface area contributed by atoms with Crippen LogP contribution in [0.3, 0.4) is 0 Å². The number of hydrogen-bond acceptors (Lipinski definition) is 4. The minimum Gasteiger partial charge on any atom is -0.465 e. The number of ketones is 1. The molecule has 0 spiro atoms. The zero-order valence-electron chi connectivity index (χ0n) is 11.1. The number of rotatable bonds is 2. The first-order valence-corrected chi connectivity index (χ1v) is 7.29. The number of carbonyl (C=O) groups excluding carboxylic acids is 1. The van der Waals surface area contributed by atoms with Crippen LogP contribution >= 0.6 is 11.3 Å². The normalized spacial score (nSPS) is 22.5. The van der Waals surface area contributed by atoms with E-state index < -0.39 is 5.60 Å². The van der Waals surface area contributed by atoms with Crippen molar-refractivity contribution in [3.63, 3.8) is 0 Å². The monoisotopic (exact) mass is 296 g/mol. The van der Waals surface area contributed by atoms with Crippen molar-refractivity contribution in [2.75, 3.05) is 0 Å². The average Bonchev–Trinajstić information content (AvgIpc) is 3.19. The maximum Gasteiger partial charge on any atom is 0.185 e. The van der Waals surface area contributed by atoms with E-state index in [4.69, 9.17) is 4.42 Å². The summed E-state index contributed by atoms with van der Waals surface area (Å²) in [5, 5.41) is 12.6. The highest BCUT2D eigenvalue weighted by Crippen LogP contribution is 2.31. The first kappa shape index (κ1) is 13.6. The predicted molar refractivity (Wildman–Crippen MR) is 81.6 cm³/mol. The summed E-state index contributed by atoms with van der Waals surface area (Å²) in [6, 6.07) is 7.30. The van der Waals surface area contributed by atoms with Crippen LogP contribution < -0.4 is 0 Å². The molecule has 2 aromatic rings. The van der Waals surface area contributed by atoms with Crippen molar-refractivity contribution in [2.24, 2.45) is 0 Å². The van der Waals surface area contributed by atoms with E-state index in [9.17, 15) is 9.90 Å². The molecule has 0 fully saturated rings. The van der Waals surface area contributed by atoms with Gasteiger partial charge in [0.1, 0.15) is 11.4 Å². The number of carbonyl (C=O) groups is 1. The Morgan fingerprint density at radius 2 is 2.29 bits per heavy atom. The standard InChI is InChI=1S/C17H12O3S/c18-16-7-9-17(19,8-1-5-14-6-3-11-21-14)15(16)12-13-4-2-10-20-13/h2-4,6-7,9-12,19H,8H2/b15-12-. The quantitative estimate of drug-likeness (QED) is 0.684. The van der Waals surface area contributed by atoms with E-state index >= 15 is 0 Å². The van der Waals surface area contributed by atoms with Gasteiger partial charge in [-0.05, 0) is 41.8 Å². The van der Waals surface area contributed by atoms with Crippen LogP contribution in [-0.4, -0.2) is 16.5 Å². The molecule has 0 saturated carbocycles. The van der Waals surface area contributed by atoms with Gasteiger partial charge in [0.05, 0.1) is 11.1 Å². The summed E-state index contributed by atoms with van der Waals surface area (Å²) in [5.74, 6) is 6.24. The van der Waals surface area contributed by atoms with Crippen LogP contribution in [0.4, 0.5) is 0 Å². The third kappa shape index (κ3) is 2.89. The lowest BCUT2D eigenvalue weighted by atomic mass is 9.92. The van der Waals surface area contributed by atoms with Crippen LogP contribution in [-0.2, 0) is 4.79 Å². The van der Waals surface area contributed by atoms with Crippen molar-refractivity contribution in [1.82, 2.24) is 0 Å². The molecule has 2 heterocycles. The summed E-state index contributed by atoms with van der Waals surface area (Å²) in [6.07, 6.45) is 6.12. The fraction of sp³-hybridized carbons (Fsp3) is 0.118. The number of allylic oxidation sites excluding steroid dienone is 1. The first-order chi connectivity index (χ1) is 10.2. The summed E-state index contributed by atoms with van der Waals surface area (Å²) < 4.78 is 5.20. The van der Waals surface area contributed by atoms with E-state index in [1.165, 1.54) is 29.8 Å². The molecule has 1 atom stereocenters. The largest absolute Gasteiger partial charge is 0.465 e. The van der Waals surface area contributed by atoms with Gasteiger partial charge in [0.25, 0.3) is 0 Å². The van der Waals surface area contributed by atoms with Crippen LogP contribution in [0, 0.1) is 11.8 Å². The van der Waals surface area contributed by atoms with Gasteiger partial charge in [-0.15, -0.1) is 11.3 Å². The molecule has 21 heavy (non-hydrogen) atoms. The van der Waals surface area contributed by atoms with E-state index in [1.54, 1.807) is 18.2 Å². The van der Waals surface area contributed by atoms with Crippen molar-refractivity contribution in [2.45, 2.75) is 12.0 Å². The van der Waals surface area contributed by atoms with E-state index in [-0.39, 0.29) is 17.8 Å². The molecule has 104 valence electrons. The Bertz CT molecular complexity index is 755. The van der Waals surface area contributed by atoms with Crippen LogP contribution in [0.1, 0.15) is 17.1 Å². The SMILES string of the molecule is O=C1C=CC(O)(CC#Cc2cccs2)/C1=C\c1ccco1. The Labute approximate surface area is 126 Å². The molecule has 1 N–H and O–H groups in total. The molecule has 0 saturated heterocycles. The Balaban J connectivity index is 1.84. The van der Waals surface area contributed by atoms with Crippen molar-refractivity contribution >= 4 is 23.2 Å². The van der Waals surface area contributed by atoms with Crippen molar-refractivity contribution in [3.8, 4) is 11.8 Å². The topological polar surface area (TPSA) is 50.4 Å². The second kappa shape index (κ2) is 5.57. The summed E-state index contributed by atoms with van der Waals surface area (Å²) in [4.78, 5) is 12.8. The molecular formula is C17H12O3S. The molecule has 1 unspecified atom stereocenters. The maximum atomic E-state index is 11.9. The number of hydrogen-bond donors (Lipinski definition) is 1. The van der Waals surface area contributed by atoms with Crippen LogP contribution in [0.5, 0.6) is 0 Å². The lowest BCUT2D eigenvalue weighted by Gasteiger charge is -2.19. The molecule has 3 rings (SSSR count). The third-order valence-electron chi connectivity index (χ3n) is 3.16. The van der Waals surface area contributed by atoms with Gasteiger partial charge in [0, 0.05) is 12.0 Å². The van der Waals surface area contributed by atoms with Gasteiger partial charge in [-0.2, -0.15) is 0 Å². The molecule has 0 aliphatic heterocycles. The fourth-order valence-corrected chi connectivity index (χ4v) is 2.68. The molecule has 1 aliphatic rings. The number of thiophene rings is 1. The van der Waals surface area contributed by atoms with Crippen molar-refractivity contribution in [1.29, 1.82) is 0 Å². The van der Waals surface area contributed by atoms with E-state index in [2.05, 4.69) is 11.8 Å². The highest BCUT2D eigenvalue weighted by atomic mass is 32.1. The van der Waals surface area contributed by atoms with Gasteiger partial charge in [-0.1, -0.05) is 17.9 Å². The highest BCUT2D eigenvalue weighted by molar-refractivity contribution is 7.10. The van der Waals surface area contributed by atoms with Crippen molar-refractivity contribution < 1.29 is 14.3 Å². The lowest BCUT2D eigenvalue weighted by molar-refractivity contribution is -0.111. The zero-order valence-corrected chi connectivity index (χ0v) is 11.9. The predicted octanol–water partition coefficient (Wildman–Crippen LogP) is 3.04. The Kier molecular flexibility index (Phi) is 3.61. The molecule has 0 amide bonds. The summed E-state index contributed by atoms with van der Waals surface area (Å²) in [6.45, 7) is 0. The second-order valence-electron chi connectivity index (χ2n) is 4.65. The molecule has 0 bridgehead atoms. The van der Waals surface area contributed by atoms with Crippen molar-refractivity contribution in [3.05, 3.63) is 64.3 Å². The summed E-state index contributed by atoms with van der Waals surface area (Å²) in [7, 11) is 0. The maximum absolute atomic E-state index is 11.9. The van der Waals surface area contributed by atoms with Crippen LogP contribution in [0.25, 0.3) is 6.08 Å². The Morgan fingerprint density at radius 3 is 3.00 bits per heavy atom. The third-order valence-corrected chi connectivity index (χ3v) is 3.95. The minimum absolute atomic E-state index is 0.166. The van der Waals surface area contributed by atoms with Crippen LogP contribution in [0.15, 0.2) is 58.1 Å². The second-order valence-corrected chi connectivity index (χ2v) is 5.60. The van der Waals surface area contributed by atoms with Gasteiger partial charge >= 0.3 is 0 Å². The summed E-state index contributed by atoms with van der Waals surface area (Å²) in [5.41, 5.74) is -1.06.